The Morgan fingerprint density at radius 1 is 1.45 bits per heavy atom. The van der Waals surface area contributed by atoms with Gasteiger partial charge in [-0.3, -0.25) is 0 Å². The van der Waals surface area contributed by atoms with Crippen molar-refractivity contribution in [2.45, 2.75) is 18.8 Å². The normalized spacial score (nSPS) is 16.8. The zero-order valence-electron chi connectivity index (χ0n) is 5.79. The number of rotatable bonds is 1. The van der Waals surface area contributed by atoms with E-state index in [1.165, 1.54) is 6.33 Å². The van der Waals surface area contributed by atoms with Gasteiger partial charge in [0.25, 0.3) is 0 Å². The highest BCUT2D eigenvalue weighted by Gasteiger charge is 2.28. The van der Waals surface area contributed by atoms with Crippen molar-refractivity contribution in [3.63, 3.8) is 0 Å². The molecule has 0 aromatic carbocycles. The first-order chi connectivity index (χ1) is 5.29. The monoisotopic (exact) mass is 170 g/mol. The van der Waals surface area contributed by atoms with E-state index in [1.54, 1.807) is 0 Å². The summed E-state index contributed by atoms with van der Waals surface area (Å²) in [5.74, 6) is 0.347. The lowest BCUT2D eigenvalue weighted by molar-refractivity contribution is 0.451. The topological polar surface area (TPSA) is 46.0 Å². The van der Waals surface area contributed by atoms with Crippen LogP contribution in [0.4, 0.5) is 0 Å². The van der Waals surface area contributed by atoms with Crippen molar-refractivity contribution < 1.29 is 5.11 Å². The minimum absolute atomic E-state index is 0.108. The van der Waals surface area contributed by atoms with Crippen molar-refractivity contribution in [1.29, 1.82) is 0 Å². The van der Waals surface area contributed by atoms with Crippen LogP contribution in [0.5, 0.6) is 5.88 Å². The highest BCUT2D eigenvalue weighted by Crippen LogP contribution is 2.43. The first-order valence-electron chi connectivity index (χ1n) is 3.48. The van der Waals surface area contributed by atoms with Crippen molar-refractivity contribution >= 4 is 11.6 Å². The van der Waals surface area contributed by atoms with Crippen LogP contribution in [-0.4, -0.2) is 15.1 Å². The maximum Gasteiger partial charge on any atom is 0.233 e. The Balaban J connectivity index is 2.45. The standard InChI is InChI=1S/C7H7ClN2O/c8-5-6(4-1-2-4)9-3-10-7(5)11/h3-4H,1-2H2,(H,9,10,11). The maximum atomic E-state index is 9.09. The van der Waals surface area contributed by atoms with E-state index in [2.05, 4.69) is 9.97 Å². The van der Waals surface area contributed by atoms with Gasteiger partial charge in [-0.2, -0.15) is 0 Å². The third kappa shape index (κ3) is 1.16. The Morgan fingerprint density at radius 3 is 2.82 bits per heavy atom. The summed E-state index contributed by atoms with van der Waals surface area (Å²) >= 11 is 5.75. The Labute approximate surface area is 69.1 Å². The highest BCUT2D eigenvalue weighted by molar-refractivity contribution is 6.32. The Kier molecular flexibility index (Phi) is 1.46. The molecule has 1 aromatic heterocycles. The molecule has 3 nitrogen and oxygen atoms in total. The fourth-order valence-electron chi connectivity index (χ4n) is 1.02. The molecule has 4 heteroatoms. The third-order valence-electron chi connectivity index (χ3n) is 1.76. The molecular formula is C7H7ClN2O. The Bertz CT molecular complexity index is 286. The van der Waals surface area contributed by atoms with Gasteiger partial charge in [0, 0.05) is 5.92 Å². The molecule has 0 radical (unpaired) electrons. The predicted octanol–water partition coefficient (Wildman–Crippen LogP) is 1.71. The summed E-state index contributed by atoms with van der Waals surface area (Å²) in [5.41, 5.74) is 0.791. The molecular weight excluding hydrogens is 164 g/mol. The van der Waals surface area contributed by atoms with Gasteiger partial charge < -0.3 is 5.11 Å². The third-order valence-corrected chi connectivity index (χ3v) is 2.12. The van der Waals surface area contributed by atoms with E-state index in [1.807, 2.05) is 0 Å². The second-order valence-electron chi connectivity index (χ2n) is 2.67. The molecule has 1 heterocycles. The second-order valence-corrected chi connectivity index (χ2v) is 3.05. The van der Waals surface area contributed by atoms with Gasteiger partial charge in [0.05, 0.1) is 5.69 Å². The van der Waals surface area contributed by atoms with Crippen LogP contribution in [-0.2, 0) is 0 Å². The number of hydrogen-bond donors (Lipinski definition) is 1. The summed E-state index contributed by atoms with van der Waals surface area (Å²) in [7, 11) is 0. The minimum Gasteiger partial charge on any atom is -0.492 e. The van der Waals surface area contributed by atoms with Crippen molar-refractivity contribution in [3.05, 3.63) is 17.0 Å². The minimum atomic E-state index is -0.108. The second kappa shape index (κ2) is 2.34. The zero-order chi connectivity index (χ0) is 7.84. The van der Waals surface area contributed by atoms with Crippen LogP contribution in [0.3, 0.4) is 0 Å². The molecule has 1 aliphatic rings. The zero-order valence-corrected chi connectivity index (χ0v) is 6.54. The number of nitrogens with zero attached hydrogens (tertiary/aromatic N) is 2. The SMILES string of the molecule is Oc1ncnc(C2CC2)c1Cl. The van der Waals surface area contributed by atoms with Gasteiger partial charge in [-0.15, -0.1) is 0 Å². The van der Waals surface area contributed by atoms with E-state index in [4.69, 9.17) is 16.7 Å². The summed E-state index contributed by atoms with van der Waals surface area (Å²) < 4.78 is 0. The van der Waals surface area contributed by atoms with E-state index in [0.29, 0.717) is 10.9 Å². The number of aromatic hydroxyl groups is 1. The molecule has 0 atom stereocenters. The summed E-state index contributed by atoms with van der Waals surface area (Å²) in [5, 5.41) is 9.41. The molecule has 0 bridgehead atoms. The fraction of sp³-hybridized carbons (Fsp3) is 0.429. The lowest BCUT2D eigenvalue weighted by atomic mass is 10.3. The first kappa shape index (κ1) is 6.85. The van der Waals surface area contributed by atoms with Crippen LogP contribution in [0.2, 0.25) is 5.02 Å². The molecule has 2 rings (SSSR count). The molecule has 1 aromatic rings. The van der Waals surface area contributed by atoms with Gasteiger partial charge in [-0.1, -0.05) is 11.6 Å². The average molecular weight is 171 g/mol. The lowest BCUT2D eigenvalue weighted by Crippen LogP contribution is -1.89. The van der Waals surface area contributed by atoms with Crippen LogP contribution in [0.25, 0.3) is 0 Å². The van der Waals surface area contributed by atoms with E-state index in [-0.39, 0.29) is 5.88 Å². The summed E-state index contributed by atoms with van der Waals surface area (Å²) in [6.07, 6.45) is 3.58. The van der Waals surface area contributed by atoms with E-state index in [9.17, 15) is 0 Å². The van der Waals surface area contributed by atoms with Gasteiger partial charge in [0.2, 0.25) is 5.88 Å². The lowest BCUT2D eigenvalue weighted by Gasteiger charge is -1.99. The molecule has 0 unspecified atom stereocenters. The molecule has 1 fully saturated rings. The van der Waals surface area contributed by atoms with E-state index in [0.717, 1.165) is 18.5 Å². The number of aromatic nitrogens is 2. The maximum absolute atomic E-state index is 9.09. The Morgan fingerprint density at radius 2 is 2.18 bits per heavy atom. The van der Waals surface area contributed by atoms with Crippen molar-refractivity contribution in [2.75, 3.05) is 0 Å². The van der Waals surface area contributed by atoms with E-state index < -0.39 is 0 Å². The van der Waals surface area contributed by atoms with Gasteiger partial charge in [0.1, 0.15) is 11.3 Å². The smallest absolute Gasteiger partial charge is 0.233 e. The van der Waals surface area contributed by atoms with Crippen LogP contribution < -0.4 is 0 Å². The molecule has 0 spiro atoms. The van der Waals surface area contributed by atoms with Crippen LogP contribution in [0.15, 0.2) is 6.33 Å². The van der Waals surface area contributed by atoms with Crippen LogP contribution in [0.1, 0.15) is 24.5 Å². The highest BCUT2D eigenvalue weighted by atomic mass is 35.5. The average Bonchev–Trinajstić information content (AvgIpc) is 2.77. The molecule has 1 saturated carbocycles. The molecule has 0 saturated heterocycles. The summed E-state index contributed by atoms with van der Waals surface area (Å²) in [6.45, 7) is 0. The van der Waals surface area contributed by atoms with Crippen molar-refractivity contribution in [1.82, 2.24) is 9.97 Å². The van der Waals surface area contributed by atoms with Gasteiger partial charge in [0.15, 0.2) is 0 Å². The van der Waals surface area contributed by atoms with Crippen LogP contribution >= 0.6 is 11.6 Å². The Hall–Kier alpha value is -0.830. The van der Waals surface area contributed by atoms with Gasteiger partial charge >= 0.3 is 0 Å². The quantitative estimate of drug-likeness (QED) is 0.698. The van der Waals surface area contributed by atoms with Crippen molar-refractivity contribution in [2.24, 2.45) is 0 Å². The molecule has 58 valence electrons. The fourth-order valence-corrected chi connectivity index (χ4v) is 1.27. The predicted molar refractivity (Wildman–Crippen MR) is 40.7 cm³/mol. The van der Waals surface area contributed by atoms with Gasteiger partial charge in [-0.25, -0.2) is 9.97 Å². The number of hydrogen-bond acceptors (Lipinski definition) is 3. The first-order valence-corrected chi connectivity index (χ1v) is 3.86. The molecule has 11 heavy (non-hydrogen) atoms. The molecule has 0 aliphatic heterocycles. The van der Waals surface area contributed by atoms with E-state index >= 15 is 0 Å². The molecule has 0 amide bonds. The van der Waals surface area contributed by atoms with Crippen LogP contribution in [0, 0.1) is 0 Å². The molecule has 1 N–H and O–H groups in total. The summed E-state index contributed by atoms with van der Waals surface area (Å²) in [4.78, 5) is 7.56. The largest absolute Gasteiger partial charge is 0.492 e. The van der Waals surface area contributed by atoms with Crippen molar-refractivity contribution in [3.8, 4) is 5.88 Å². The summed E-state index contributed by atoms with van der Waals surface area (Å²) in [6, 6.07) is 0. The molecule has 1 aliphatic carbocycles. The number of halogens is 1. The van der Waals surface area contributed by atoms with Gasteiger partial charge in [-0.05, 0) is 12.8 Å².